The highest BCUT2D eigenvalue weighted by molar-refractivity contribution is 5.95. The van der Waals surface area contributed by atoms with Gasteiger partial charge in [-0.1, -0.05) is 0 Å². The van der Waals surface area contributed by atoms with E-state index < -0.39 is 0 Å². The highest BCUT2D eigenvalue weighted by Crippen LogP contribution is 2.20. The number of aromatic nitrogens is 3. The third-order valence-corrected chi connectivity index (χ3v) is 4.67. The van der Waals surface area contributed by atoms with Crippen molar-refractivity contribution in [1.29, 1.82) is 0 Å². The smallest absolute Gasteiger partial charge is 0.257 e. The van der Waals surface area contributed by atoms with Crippen molar-refractivity contribution in [3.05, 3.63) is 47.0 Å². The van der Waals surface area contributed by atoms with Gasteiger partial charge >= 0.3 is 0 Å². The monoisotopic (exact) mass is 312 g/mol. The fraction of sp³-hybridized carbons (Fsp3) is 0.500. The summed E-state index contributed by atoms with van der Waals surface area (Å²) in [4.78, 5) is 19.0. The van der Waals surface area contributed by atoms with Gasteiger partial charge in [-0.05, 0) is 50.8 Å². The van der Waals surface area contributed by atoms with E-state index in [9.17, 15) is 4.79 Å². The Labute approximate surface area is 137 Å². The first-order valence-corrected chi connectivity index (χ1v) is 8.29. The van der Waals surface area contributed by atoms with Gasteiger partial charge in [0.2, 0.25) is 0 Å². The minimum Gasteiger partial charge on any atom is -0.339 e. The first-order valence-electron chi connectivity index (χ1n) is 8.29. The van der Waals surface area contributed by atoms with Crippen molar-refractivity contribution in [2.45, 2.75) is 52.1 Å². The first kappa shape index (κ1) is 15.7. The van der Waals surface area contributed by atoms with Crippen molar-refractivity contribution < 1.29 is 4.79 Å². The zero-order chi connectivity index (χ0) is 16.4. The van der Waals surface area contributed by atoms with E-state index in [1.807, 2.05) is 28.9 Å². The van der Waals surface area contributed by atoms with Crippen LogP contribution in [0.1, 0.15) is 47.1 Å². The lowest BCUT2D eigenvalue weighted by Gasteiger charge is -2.25. The molecule has 5 heteroatoms. The van der Waals surface area contributed by atoms with E-state index >= 15 is 0 Å². The highest BCUT2D eigenvalue weighted by Gasteiger charge is 2.24. The molecule has 0 aliphatic carbocycles. The molecule has 0 saturated carbocycles. The molecule has 2 aromatic heterocycles. The number of likely N-dealkylation sites (N-methyl/N-ethyl adjacent to an activating group) is 1. The summed E-state index contributed by atoms with van der Waals surface area (Å²) in [5.41, 5.74) is 4.07. The quantitative estimate of drug-likeness (QED) is 0.872. The topological polar surface area (TPSA) is 51.0 Å². The van der Waals surface area contributed by atoms with Crippen LogP contribution in [0.2, 0.25) is 0 Å². The van der Waals surface area contributed by atoms with Gasteiger partial charge in [0.15, 0.2) is 0 Å². The molecule has 0 aromatic carbocycles. The third kappa shape index (κ3) is 3.28. The van der Waals surface area contributed by atoms with Crippen LogP contribution >= 0.6 is 0 Å². The number of hydrogen-bond acceptors (Lipinski definition) is 3. The maximum absolute atomic E-state index is 12.8. The van der Waals surface area contributed by atoms with Crippen LogP contribution < -0.4 is 0 Å². The SMILES string of the molecule is Cc1ccnc(C[C@H](C)N(C)C(=O)c2cnn3c2CCCC3)c1. The molecule has 3 heterocycles. The molecule has 0 N–H and O–H groups in total. The Morgan fingerprint density at radius 1 is 1.43 bits per heavy atom. The normalized spacial score (nSPS) is 15.1. The molecule has 3 rings (SSSR count). The van der Waals surface area contributed by atoms with Crippen LogP contribution in [-0.2, 0) is 19.4 Å². The second kappa shape index (κ2) is 6.52. The standard InChI is InChI=1S/C18H24N4O/c1-13-7-8-19-15(10-13)11-14(2)21(3)18(23)16-12-20-22-9-5-4-6-17(16)22/h7-8,10,12,14H,4-6,9,11H2,1-3H3/t14-/m0/s1. The van der Waals surface area contributed by atoms with Gasteiger partial charge in [-0.15, -0.1) is 0 Å². The van der Waals surface area contributed by atoms with E-state index in [4.69, 9.17) is 0 Å². The molecular weight excluding hydrogens is 288 g/mol. The average Bonchev–Trinajstić information content (AvgIpc) is 2.97. The maximum atomic E-state index is 12.8. The van der Waals surface area contributed by atoms with E-state index in [2.05, 4.69) is 30.0 Å². The summed E-state index contributed by atoms with van der Waals surface area (Å²) < 4.78 is 1.98. The second-order valence-electron chi connectivity index (χ2n) is 6.48. The summed E-state index contributed by atoms with van der Waals surface area (Å²) in [6, 6.07) is 4.16. The minimum absolute atomic E-state index is 0.0632. The van der Waals surface area contributed by atoms with Crippen LogP contribution in [-0.4, -0.2) is 38.7 Å². The Morgan fingerprint density at radius 2 is 2.26 bits per heavy atom. The molecule has 122 valence electrons. The van der Waals surface area contributed by atoms with Gasteiger partial charge in [-0.2, -0.15) is 5.10 Å². The van der Waals surface area contributed by atoms with Gasteiger partial charge in [0.25, 0.3) is 5.91 Å². The third-order valence-electron chi connectivity index (χ3n) is 4.67. The molecule has 5 nitrogen and oxygen atoms in total. The number of aryl methyl sites for hydroxylation is 2. The van der Waals surface area contributed by atoms with Crippen LogP contribution in [0.5, 0.6) is 0 Å². The Morgan fingerprint density at radius 3 is 3.04 bits per heavy atom. The maximum Gasteiger partial charge on any atom is 0.257 e. The molecule has 0 radical (unpaired) electrons. The Kier molecular flexibility index (Phi) is 4.46. The molecule has 1 aliphatic rings. The fourth-order valence-electron chi connectivity index (χ4n) is 3.14. The van der Waals surface area contributed by atoms with Crippen LogP contribution in [0, 0.1) is 6.92 Å². The van der Waals surface area contributed by atoms with E-state index in [1.165, 1.54) is 5.56 Å². The predicted molar refractivity (Wildman–Crippen MR) is 89.4 cm³/mol. The van der Waals surface area contributed by atoms with Crippen LogP contribution in [0.25, 0.3) is 0 Å². The number of amides is 1. The van der Waals surface area contributed by atoms with Gasteiger partial charge in [-0.25, -0.2) is 0 Å². The van der Waals surface area contributed by atoms with Crippen molar-refractivity contribution in [1.82, 2.24) is 19.7 Å². The molecule has 0 saturated heterocycles. The second-order valence-corrected chi connectivity index (χ2v) is 6.48. The molecule has 0 unspecified atom stereocenters. The van der Waals surface area contributed by atoms with Crippen molar-refractivity contribution >= 4 is 5.91 Å². The number of pyridine rings is 1. The van der Waals surface area contributed by atoms with Crippen molar-refractivity contribution in [3.8, 4) is 0 Å². The minimum atomic E-state index is 0.0632. The van der Waals surface area contributed by atoms with E-state index in [0.717, 1.165) is 49.2 Å². The molecule has 1 aliphatic heterocycles. The lowest BCUT2D eigenvalue weighted by Crippen LogP contribution is -2.37. The number of carbonyl (C=O) groups excluding carboxylic acids is 1. The fourth-order valence-corrected chi connectivity index (χ4v) is 3.14. The average molecular weight is 312 g/mol. The number of carbonyl (C=O) groups is 1. The lowest BCUT2D eigenvalue weighted by atomic mass is 10.0. The molecule has 1 atom stereocenters. The molecular formula is C18H24N4O. The zero-order valence-corrected chi connectivity index (χ0v) is 14.1. The van der Waals surface area contributed by atoms with Crippen LogP contribution in [0.3, 0.4) is 0 Å². The Hall–Kier alpha value is -2.17. The number of rotatable bonds is 4. The van der Waals surface area contributed by atoms with Crippen LogP contribution in [0.4, 0.5) is 0 Å². The molecule has 0 spiro atoms. The highest BCUT2D eigenvalue weighted by atomic mass is 16.2. The Bertz CT molecular complexity index is 707. The number of nitrogens with zero attached hydrogens (tertiary/aromatic N) is 4. The van der Waals surface area contributed by atoms with Gasteiger partial charge in [0, 0.05) is 37.9 Å². The molecule has 1 amide bonds. The largest absolute Gasteiger partial charge is 0.339 e. The first-order chi connectivity index (χ1) is 11.1. The van der Waals surface area contributed by atoms with Crippen molar-refractivity contribution in [2.24, 2.45) is 0 Å². The van der Waals surface area contributed by atoms with Crippen molar-refractivity contribution in [2.75, 3.05) is 7.05 Å². The number of hydrogen-bond donors (Lipinski definition) is 0. The zero-order valence-electron chi connectivity index (χ0n) is 14.1. The van der Waals surface area contributed by atoms with E-state index in [1.54, 1.807) is 6.20 Å². The molecule has 23 heavy (non-hydrogen) atoms. The lowest BCUT2D eigenvalue weighted by molar-refractivity contribution is 0.0741. The van der Waals surface area contributed by atoms with Crippen LogP contribution in [0.15, 0.2) is 24.5 Å². The number of fused-ring (bicyclic) bond motifs is 1. The summed E-state index contributed by atoms with van der Waals surface area (Å²) in [6.45, 7) is 5.05. The van der Waals surface area contributed by atoms with Gasteiger partial charge in [0.05, 0.1) is 17.5 Å². The molecule has 0 fully saturated rings. The summed E-state index contributed by atoms with van der Waals surface area (Å²) in [6.07, 6.45) is 7.55. The summed E-state index contributed by atoms with van der Waals surface area (Å²) in [5.74, 6) is 0.0632. The predicted octanol–water partition coefficient (Wildman–Crippen LogP) is 2.63. The summed E-state index contributed by atoms with van der Waals surface area (Å²) in [7, 11) is 1.87. The van der Waals surface area contributed by atoms with E-state index in [0.29, 0.717) is 0 Å². The summed E-state index contributed by atoms with van der Waals surface area (Å²) >= 11 is 0. The molecule has 0 bridgehead atoms. The summed E-state index contributed by atoms with van der Waals surface area (Å²) in [5, 5.41) is 4.37. The van der Waals surface area contributed by atoms with Gasteiger partial charge in [0.1, 0.15) is 0 Å². The van der Waals surface area contributed by atoms with Gasteiger partial charge < -0.3 is 4.90 Å². The van der Waals surface area contributed by atoms with Crippen molar-refractivity contribution in [3.63, 3.8) is 0 Å². The molecule has 2 aromatic rings. The van der Waals surface area contributed by atoms with Gasteiger partial charge in [-0.3, -0.25) is 14.5 Å². The van der Waals surface area contributed by atoms with E-state index in [-0.39, 0.29) is 11.9 Å². The Balaban J connectivity index is 1.73.